The fourth-order valence-corrected chi connectivity index (χ4v) is 3.74. The molecule has 2 aliphatic heterocycles. The molecule has 2 heterocycles. The van der Waals surface area contributed by atoms with E-state index in [0.717, 1.165) is 37.6 Å². The number of nitrogens with one attached hydrogen (secondary N) is 1. The van der Waals surface area contributed by atoms with Crippen molar-refractivity contribution in [2.45, 2.75) is 26.7 Å². The topological polar surface area (TPSA) is 73.0 Å². The van der Waals surface area contributed by atoms with Gasteiger partial charge in [-0.3, -0.25) is 14.4 Å². The van der Waals surface area contributed by atoms with Crippen molar-refractivity contribution >= 4 is 29.1 Å². The predicted molar refractivity (Wildman–Crippen MR) is 105 cm³/mol. The molecule has 0 bridgehead atoms. The molecule has 1 aromatic rings. The normalized spacial score (nSPS) is 18.4. The number of carbonyl (C=O) groups is 3. The molecule has 0 unspecified atom stereocenters. The van der Waals surface area contributed by atoms with E-state index in [9.17, 15) is 14.4 Å². The van der Waals surface area contributed by atoms with Crippen molar-refractivity contribution in [2.75, 3.05) is 49.5 Å². The summed E-state index contributed by atoms with van der Waals surface area (Å²) in [7, 11) is 0. The van der Waals surface area contributed by atoms with E-state index in [0.29, 0.717) is 25.9 Å². The summed E-state index contributed by atoms with van der Waals surface area (Å²) >= 11 is 0. The number of hydrogen-bond donors (Lipinski definition) is 1. The fraction of sp³-hybridized carbons (Fsp3) is 0.550. The lowest BCUT2D eigenvalue weighted by Crippen LogP contribution is -2.48. The van der Waals surface area contributed by atoms with Crippen LogP contribution in [0.5, 0.6) is 0 Å². The lowest BCUT2D eigenvalue weighted by molar-refractivity contribution is -0.132. The van der Waals surface area contributed by atoms with Crippen LogP contribution in [0.2, 0.25) is 0 Å². The molecule has 0 aromatic heterocycles. The molecular formula is C20H28N4O3. The van der Waals surface area contributed by atoms with E-state index in [4.69, 9.17) is 0 Å². The first-order valence-electron chi connectivity index (χ1n) is 9.61. The van der Waals surface area contributed by atoms with Gasteiger partial charge in [-0.2, -0.15) is 0 Å². The molecule has 7 heteroatoms. The summed E-state index contributed by atoms with van der Waals surface area (Å²) in [5, 5.41) is 2.99. The average Bonchev–Trinajstić information content (AvgIpc) is 2.68. The molecule has 1 N–H and O–H groups in total. The smallest absolute Gasteiger partial charge is 0.227 e. The lowest BCUT2D eigenvalue weighted by Gasteiger charge is -2.35. The van der Waals surface area contributed by atoms with Crippen molar-refractivity contribution in [3.05, 3.63) is 24.3 Å². The van der Waals surface area contributed by atoms with E-state index in [2.05, 4.69) is 10.2 Å². The lowest BCUT2D eigenvalue weighted by atomic mass is 9.96. The Kier molecular flexibility index (Phi) is 5.98. The number of carbonyl (C=O) groups excluding carboxylic acids is 3. The van der Waals surface area contributed by atoms with Crippen LogP contribution in [0.15, 0.2) is 24.3 Å². The zero-order valence-electron chi connectivity index (χ0n) is 16.1. The van der Waals surface area contributed by atoms with Gasteiger partial charge < -0.3 is 20.0 Å². The molecule has 0 aliphatic carbocycles. The van der Waals surface area contributed by atoms with E-state index in [1.807, 2.05) is 29.2 Å². The van der Waals surface area contributed by atoms with Crippen molar-refractivity contribution in [1.82, 2.24) is 9.80 Å². The highest BCUT2D eigenvalue weighted by Crippen LogP contribution is 2.22. The van der Waals surface area contributed by atoms with Crippen LogP contribution in [0.3, 0.4) is 0 Å². The third kappa shape index (κ3) is 4.78. The number of rotatable bonds is 3. The van der Waals surface area contributed by atoms with Crippen molar-refractivity contribution < 1.29 is 14.4 Å². The Morgan fingerprint density at radius 2 is 1.33 bits per heavy atom. The largest absolute Gasteiger partial charge is 0.368 e. The van der Waals surface area contributed by atoms with Crippen LogP contribution in [-0.4, -0.2) is 66.8 Å². The molecule has 27 heavy (non-hydrogen) atoms. The first-order valence-corrected chi connectivity index (χ1v) is 9.61. The molecule has 7 nitrogen and oxygen atoms in total. The van der Waals surface area contributed by atoms with E-state index in [1.165, 1.54) is 0 Å². The first-order chi connectivity index (χ1) is 12.9. The molecule has 0 radical (unpaired) electrons. The van der Waals surface area contributed by atoms with Gasteiger partial charge in [0.05, 0.1) is 0 Å². The van der Waals surface area contributed by atoms with Gasteiger partial charge in [0.15, 0.2) is 0 Å². The summed E-state index contributed by atoms with van der Waals surface area (Å²) in [6.45, 7) is 7.61. The number of likely N-dealkylation sites (tertiary alicyclic amines) is 1. The van der Waals surface area contributed by atoms with Gasteiger partial charge in [0.2, 0.25) is 17.7 Å². The summed E-state index contributed by atoms with van der Waals surface area (Å²) in [5.74, 6) is 0.191. The first kappa shape index (κ1) is 19.2. The van der Waals surface area contributed by atoms with E-state index in [1.54, 1.807) is 18.7 Å². The Bertz CT molecular complexity index is 688. The van der Waals surface area contributed by atoms with Gasteiger partial charge in [0.1, 0.15) is 0 Å². The number of anilines is 2. The van der Waals surface area contributed by atoms with E-state index < -0.39 is 0 Å². The highest BCUT2D eigenvalue weighted by Gasteiger charge is 2.26. The van der Waals surface area contributed by atoms with E-state index in [-0.39, 0.29) is 23.6 Å². The van der Waals surface area contributed by atoms with Gasteiger partial charge in [-0.1, -0.05) is 0 Å². The number of benzene rings is 1. The third-order valence-electron chi connectivity index (χ3n) is 5.54. The van der Waals surface area contributed by atoms with Gasteiger partial charge in [-0.15, -0.1) is 0 Å². The van der Waals surface area contributed by atoms with Crippen molar-refractivity contribution in [3.8, 4) is 0 Å². The van der Waals surface area contributed by atoms with Crippen LogP contribution in [-0.2, 0) is 14.4 Å². The van der Waals surface area contributed by atoms with Gasteiger partial charge in [0.25, 0.3) is 0 Å². The minimum atomic E-state index is -0.0417. The second-order valence-corrected chi connectivity index (χ2v) is 7.31. The molecule has 0 atom stereocenters. The molecule has 1 aromatic carbocycles. The predicted octanol–water partition coefficient (Wildman–Crippen LogP) is 1.55. The maximum atomic E-state index is 12.5. The van der Waals surface area contributed by atoms with Crippen LogP contribution in [0.4, 0.5) is 11.4 Å². The standard InChI is InChI=1S/C20H28N4O3/c1-15(25)22-9-7-17(8-10-22)20(27)21-18-3-5-19(6-4-18)24-13-11-23(12-14-24)16(2)26/h3-6,17H,7-14H2,1-2H3,(H,21,27). The van der Waals surface area contributed by atoms with Gasteiger partial charge in [-0.05, 0) is 37.1 Å². The van der Waals surface area contributed by atoms with Crippen LogP contribution < -0.4 is 10.2 Å². The van der Waals surface area contributed by atoms with Crippen molar-refractivity contribution in [1.29, 1.82) is 0 Å². The number of piperidine rings is 1. The summed E-state index contributed by atoms with van der Waals surface area (Å²) in [6.07, 6.45) is 1.42. The number of nitrogens with zero attached hydrogens (tertiary/aromatic N) is 3. The molecule has 2 fully saturated rings. The molecule has 3 rings (SSSR count). The zero-order chi connectivity index (χ0) is 19.4. The highest BCUT2D eigenvalue weighted by molar-refractivity contribution is 5.93. The van der Waals surface area contributed by atoms with Crippen LogP contribution >= 0.6 is 0 Å². The minimum Gasteiger partial charge on any atom is -0.368 e. The Hall–Kier alpha value is -2.57. The van der Waals surface area contributed by atoms with Crippen LogP contribution in [0.1, 0.15) is 26.7 Å². The molecular weight excluding hydrogens is 344 g/mol. The monoisotopic (exact) mass is 372 g/mol. The quantitative estimate of drug-likeness (QED) is 0.874. The van der Waals surface area contributed by atoms with Gasteiger partial charge in [-0.25, -0.2) is 0 Å². The second-order valence-electron chi connectivity index (χ2n) is 7.31. The molecule has 0 saturated carbocycles. The Labute approximate surface area is 160 Å². The van der Waals surface area contributed by atoms with Gasteiger partial charge in [0, 0.05) is 70.4 Å². The highest BCUT2D eigenvalue weighted by atomic mass is 16.2. The molecule has 146 valence electrons. The molecule has 2 aliphatic rings. The summed E-state index contributed by atoms with van der Waals surface area (Å²) in [6, 6.07) is 7.87. The summed E-state index contributed by atoms with van der Waals surface area (Å²) in [4.78, 5) is 41.2. The number of hydrogen-bond acceptors (Lipinski definition) is 4. The molecule has 2 saturated heterocycles. The van der Waals surface area contributed by atoms with Crippen LogP contribution in [0, 0.1) is 5.92 Å². The molecule has 0 spiro atoms. The minimum absolute atomic E-state index is 0.0287. The zero-order valence-corrected chi connectivity index (χ0v) is 16.1. The number of piperazine rings is 1. The SMILES string of the molecule is CC(=O)N1CCC(C(=O)Nc2ccc(N3CCN(C(C)=O)CC3)cc2)CC1. The van der Waals surface area contributed by atoms with Gasteiger partial charge >= 0.3 is 0 Å². The Balaban J connectivity index is 1.50. The third-order valence-corrected chi connectivity index (χ3v) is 5.54. The van der Waals surface area contributed by atoms with Crippen molar-refractivity contribution in [3.63, 3.8) is 0 Å². The summed E-state index contributed by atoms with van der Waals surface area (Å²) < 4.78 is 0. The average molecular weight is 372 g/mol. The van der Waals surface area contributed by atoms with Crippen LogP contribution in [0.25, 0.3) is 0 Å². The molecule has 3 amide bonds. The Morgan fingerprint density at radius 3 is 1.85 bits per heavy atom. The maximum absolute atomic E-state index is 12.5. The fourth-order valence-electron chi connectivity index (χ4n) is 3.74. The number of amides is 3. The second kappa shape index (κ2) is 8.41. The summed E-state index contributed by atoms with van der Waals surface area (Å²) in [5.41, 5.74) is 1.89. The van der Waals surface area contributed by atoms with E-state index >= 15 is 0 Å². The Morgan fingerprint density at radius 1 is 0.815 bits per heavy atom. The van der Waals surface area contributed by atoms with Crippen molar-refractivity contribution in [2.24, 2.45) is 5.92 Å². The maximum Gasteiger partial charge on any atom is 0.227 e.